The molecule has 154 valence electrons. The lowest BCUT2D eigenvalue weighted by atomic mass is 10.1. The molecule has 1 N–H and O–H groups in total. The number of tetrazole rings is 1. The van der Waals surface area contributed by atoms with Crippen molar-refractivity contribution in [2.24, 2.45) is 7.05 Å². The summed E-state index contributed by atoms with van der Waals surface area (Å²) in [6.45, 7) is 2.02. The largest absolute Gasteiger partial charge is 0.310 e. The fourth-order valence-corrected chi connectivity index (χ4v) is 3.78. The number of thioether (sulfide) groups is 1. The molecule has 0 aliphatic rings. The van der Waals surface area contributed by atoms with Crippen molar-refractivity contribution in [2.75, 3.05) is 12.3 Å². The summed E-state index contributed by atoms with van der Waals surface area (Å²) in [5, 5.41) is 25.9. The third-order valence-corrected chi connectivity index (χ3v) is 5.66. The first-order valence-corrected chi connectivity index (χ1v) is 10.8. The molecule has 0 fully saturated rings. The van der Waals surface area contributed by atoms with Crippen LogP contribution in [-0.2, 0) is 20.1 Å². The number of nitrogens with one attached hydrogen (secondary N) is 1. The van der Waals surface area contributed by atoms with Crippen molar-refractivity contribution >= 4 is 23.4 Å². The van der Waals surface area contributed by atoms with Gasteiger partial charge in [-0.15, -0.1) is 5.10 Å². The van der Waals surface area contributed by atoms with E-state index in [1.807, 2.05) is 49.5 Å². The van der Waals surface area contributed by atoms with Crippen molar-refractivity contribution in [1.82, 2.24) is 40.5 Å². The van der Waals surface area contributed by atoms with Crippen LogP contribution in [-0.4, -0.2) is 47.5 Å². The molecule has 0 aliphatic heterocycles. The molecule has 0 atom stereocenters. The standard InChI is InChI=1S/C20H21ClN8S/c1-28-20(23-26-27-28)30-12-11-22-13-18-19(16-5-3-2-4-6-16)25-29(24-18)14-15-7-9-17(21)10-8-15/h2-10,22H,11-14H2,1H3. The average Bonchev–Trinajstić information content (AvgIpc) is 3.36. The molecule has 0 amide bonds. The summed E-state index contributed by atoms with van der Waals surface area (Å²) in [5.41, 5.74) is 3.96. The van der Waals surface area contributed by atoms with Gasteiger partial charge >= 0.3 is 0 Å². The fraction of sp³-hybridized carbons (Fsp3) is 0.250. The molecule has 4 rings (SSSR count). The van der Waals surface area contributed by atoms with Crippen molar-refractivity contribution in [2.45, 2.75) is 18.2 Å². The second-order valence-corrected chi connectivity index (χ2v) is 8.13. The van der Waals surface area contributed by atoms with Gasteiger partial charge in [0.25, 0.3) is 0 Å². The maximum atomic E-state index is 5.99. The average molecular weight is 441 g/mol. The summed E-state index contributed by atoms with van der Waals surface area (Å²) >= 11 is 7.60. The number of aromatic nitrogens is 7. The number of hydrogen-bond donors (Lipinski definition) is 1. The molecule has 0 unspecified atom stereocenters. The minimum absolute atomic E-state index is 0.589. The molecule has 30 heavy (non-hydrogen) atoms. The normalized spacial score (nSPS) is 11.1. The van der Waals surface area contributed by atoms with Crippen molar-refractivity contribution in [3.05, 3.63) is 70.9 Å². The summed E-state index contributed by atoms with van der Waals surface area (Å²) in [5.74, 6) is 0.855. The van der Waals surface area contributed by atoms with Gasteiger partial charge in [-0.3, -0.25) is 0 Å². The van der Waals surface area contributed by atoms with Crippen LogP contribution in [0.25, 0.3) is 11.3 Å². The van der Waals surface area contributed by atoms with Gasteiger partial charge in [0.1, 0.15) is 11.4 Å². The van der Waals surface area contributed by atoms with E-state index < -0.39 is 0 Å². The Kier molecular flexibility index (Phi) is 6.73. The van der Waals surface area contributed by atoms with E-state index in [1.54, 1.807) is 21.2 Å². The third kappa shape index (κ3) is 5.24. The lowest BCUT2D eigenvalue weighted by molar-refractivity contribution is 0.579. The van der Waals surface area contributed by atoms with Gasteiger partial charge in [0.05, 0.1) is 6.54 Å². The van der Waals surface area contributed by atoms with Crippen LogP contribution in [0.4, 0.5) is 0 Å². The molecule has 8 nitrogen and oxygen atoms in total. The minimum Gasteiger partial charge on any atom is -0.310 e. The van der Waals surface area contributed by atoms with Gasteiger partial charge in [-0.05, 0) is 28.1 Å². The Bertz CT molecular complexity index is 1080. The lowest BCUT2D eigenvalue weighted by Crippen LogP contribution is -2.18. The Labute approximate surface area is 183 Å². The Morgan fingerprint density at radius 1 is 1.03 bits per heavy atom. The van der Waals surface area contributed by atoms with Crippen LogP contribution in [0.2, 0.25) is 5.02 Å². The number of rotatable bonds is 9. The molecule has 0 radical (unpaired) electrons. The first kappa shape index (κ1) is 20.5. The van der Waals surface area contributed by atoms with Crippen molar-refractivity contribution in [3.63, 3.8) is 0 Å². The van der Waals surface area contributed by atoms with Gasteiger partial charge in [0.15, 0.2) is 0 Å². The number of halogens is 1. The van der Waals surface area contributed by atoms with Crippen LogP contribution in [0.15, 0.2) is 59.8 Å². The van der Waals surface area contributed by atoms with Gasteiger partial charge in [-0.1, -0.05) is 65.8 Å². The van der Waals surface area contributed by atoms with E-state index in [0.29, 0.717) is 13.1 Å². The molecule has 2 aromatic heterocycles. The smallest absolute Gasteiger partial charge is 0.209 e. The molecule has 2 heterocycles. The number of benzene rings is 2. The van der Waals surface area contributed by atoms with Crippen LogP contribution in [0.5, 0.6) is 0 Å². The summed E-state index contributed by atoms with van der Waals surface area (Å²) < 4.78 is 1.67. The van der Waals surface area contributed by atoms with Crippen LogP contribution in [0.1, 0.15) is 11.3 Å². The SMILES string of the molecule is Cn1nnnc1SCCNCc1nn(Cc2ccc(Cl)cc2)nc1-c1ccccc1. The predicted molar refractivity (Wildman–Crippen MR) is 117 cm³/mol. The first-order valence-electron chi connectivity index (χ1n) is 9.49. The zero-order valence-electron chi connectivity index (χ0n) is 16.4. The zero-order chi connectivity index (χ0) is 20.8. The van der Waals surface area contributed by atoms with Gasteiger partial charge in [-0.25, -0.2) is 4.68 Å². The Morgan fingerprint density at radius 3 is 2.57 bits per heavy atom. The highest BCUT2D eigenvalue weighted by Gasteiger charge is 2.13. The van der Waals surface area contributed by atoms with E-state index in [-0.39, 0.29) is 0 Å². The Morgan fingerprint density at radius 2 is 1.83 bits per heavy atom. The number of nitrogens with zero attached hydrogens (tertiary/aromatic N) is 7. The molecule has 0 saturated carbocycles. The molecule has 0 spiro atoms. The van der Waals surface area contributed by atoms with E-state index in [4.69, 9.17) is 21.8 Å². The molecule has 0 aliphatic carbocycles. The van der Waals surface area contributed by atoms with Crippen LogP contribution < -0.4 is 5.32 Å². The fourth-order valence-electron chi connectivity index (χ4n) is 2.91. The highest BCUT2D eigenvalue weighted by atomic mass is 35.5. The predicted octanol–water partition coefficient (Wildman–Crippen LogP) is 3.05. The van der Waals surface area contributed by atoms with Gasteiger partial charge < -0.3 is 5.32 Å². The summed E-state index contributed by atoms with van der Waals surface area (Å²) in [6, 6.07) is 17.9. The van der Waals surface area contributed by atoms with Gasteiger partial charge in [0, 0.05) is 36.5 Å². The molecular formula is C20H21ClN8S. The van der Waals surface area contributed by atoms with E-state index in [0.717, 1.165) is 45.0 Å². The highest BCUT2D eigenvalue weighted by molar-refractivity contribution is 7.99. The van der Waals surface area contributed by atoms with Crippen LogP contribution >= 0.6 is 23.4 Å². The van der Waals surface area contributed by atoms with E-state index >= 15 is 0 Å². The second-order valence-electron chi connectivity index (χ2n) is 6.63. The monoisotopic (exact) mass is 440 g/mol. The van der Waals surface area contributed by atoms with Crippen LogP contribution in [0, 0.1) is 0 Å². The first-order chi connectivity index (χ1) is 14.7. The third-order valence-electron chi connectivity index (χ3n) is 4.39. The maximum Gasteiger partial charge on any atom is 0.209 e. The number of aryl methyl sites for hydroxylation is 1. The van der Waals surface area contributed by atoms with Gasteiger partial charge in [0.2, 0.25) is 5.16 Å². The summed E-state index contributed by atoms with van der Waals surface area (Å²) in [4.78, 5) is 1.74. The maximum absolute atomic E-state index is 5.99. The molecule has 4 aromatic rings. The van der Waals surface area contributed by atoms with E-state index in [9.17, 15) is 0 Å². The molecule has 0 saturated heterocycles. The highest BCUT2D eigenvalue weighted by Crippen LogP contribution is 2.21. The lowest BCUT2D eigenvalue weighted by Gasteiger charge is -2.04. The van der Waals surface area contributed by atoms with Crippen molar-refractivity contribution in [3.8, 4) is 11.3 Å². The Balaban J connectivity index is 1.42. The topological polar surface area (TPSA) is 86.3 Å². The van der Waals surface area contributed by atoms with Crippen LogP contribution in [0.3, 0.4) is 0 Å². The summed E-state index contributed by atoms with van der Waals surface area (Å²) in [7, 11) is 1.83. The molecule has 2 aromatic carbocycles. The zero-order valence-corrected chi connectivity index (χ0v) is 18.0. The molecule has 10 heteroatoms. The molecular weight excluding hydrogens is 420 g/mol. The Hall–Kier alpha value is -2.75. The van der Waals surface area contributed by atoms with Gasteiger partial charge in [-0.2, -0.15) is 15.0 Å². The quantitative estimate of drug-likeness (QED) is 0.316. The van der Waals surface area contributed by atoms with Crippen molar-refractivity contribution in [1.29, 1.82) is 0 Å². The van der Waals surface area contributed by atoms with E-state index in [2.05, 4.69) is 33.0 Å². The number of hydrogen-bond acceptors (Lipinski definition) is 7. The molecule has 0 bridgehead atoms. The minimum atomic E-state index is 0.589. The summed E-state index contributed by atoms with van der Waals surface area (Å²) in [6.07, 6.45) is 0. The van der Waals surface area contributed by atoms with E-state index in [1.165, 1.54) is 0 Å². The second kappa shape index (κ2) is 9.84. The van der Waals surface area contributed by atoms with Crippen molar-refractivity contribution < 1.29 is 0 Å².